The van der Waals surface area contributed by atoms with E-state index >= 15 is 0 Å². The molecule has 0 aliphatic rings. The summed E-state index contributed by atoms with van der Waals surface area (Å²) in [7, 11) is 0. The highest BCUT2D eigenvalue weighted by molar-refractivity contribution is 6.36. The average molecular weight is 335 g/mol. The Balaban J connectivity index is 2.47. The molecule has 0 saturated heterocycles. The van der Waals surface area contributed by atoms with E-state index in [0.29, 0.717) is 11.1 Å². The molecule has 0 heterocycles. The molecular formula is C15H11Cl2F3O. The van der Waals surface area contributed by atoms with Gasteiger partial charge in [0.1, 0.15) is 6.10 Å². The van der Waals surface area contributed by atoms with E-state index < -0.39 is 17.8 Å². The molecule has 1 N–H and O–H groups in total. The van der Waals surface area contributed by atoms with Gasteiger partial charge in [-0.25, -0.2) is 0 Å². The molecule has 0 aliphatic heterocycles. The molecule has 0 radical (unpaired) electrons. The van der Waals surface area contributed by atoms with Crippen LogP contribution in [0.25, 0.3) is 0 Å². The minimum Gasteiger partial charge on any atom is -0.384 e. The Kier molecular flexibility index (Phi) is 4.51. The zero-order valence-corrected chi connectivity index (χ0v) is 12.4. The van der Waals surface area contributed by atoms with Gasteiger partial charge in [-0.3, -0.25) is 0 Å². The average Bonchev–Trinajstić information content (AvgIpc) is 2.37. The first-order valence-corrected chi connectivity index (χ1v) is 6.77. The summed E-state index contributed by atoms with van der Waals surface area (Å²) in [5, 5.41) is 10.9. The molecule has 0 aromatic heterocycles. The molecule has 21 heavy (non-hydrogen) atoms. The second kappa shape index (κ2) is 5.87. The lowest BCUT2D eigenvalue weighted by atomic mass is 9.95. The Bertz CT molecular complexity index is 648. The van der Waals surface area contributed by atoms with Crippen LogP contribution in [0.2, 0.25) is 10.0 Å². The molecule has 0 spiro atoms. The molecule has 0 amide bonds. The van der Waals surface area contributed by atoms with Crippen LogP contribution in [0.1, 0.15) is 28.4 Å². The Morgan fingerprint density at radius 2 is 1.62 bits per heavy atom. The third kappa shape index (κ3) is 3.34. The third-order valence-electron chi connectivity index (χ3n) is 3.16. The van der Waals surface area contributed by atoms with Gasteiger partial charge in [0.15, 0.2) is 0 Å². The lowest BCUT2D eigenvalue weighted by Crippen LogP contribution is -2.08. The smallest absolute Gasteiger partial charge is 0.384 e. The molecule has 0 bridgehead atoms. The van der Waals surface area contributed by atoms with E-state index in [1.807, 2.05) is 0 Å². The summed E-state index contributed by atoms with van der Waals surface area (Å²) >= 11 is 12.0. The Labute approximate surface area is 129 Å². The normalized spacial score (nSPS) is 13.3. The van der Waals surface area contributed by atoms with Gasteiger partial charge in [0, 0.05) is 15.6 Å². The van der Waals surface area contributed by atoms with Gasteiger partial charge in [-0.15, -0.1) is 0 Å². The molecule has 1 atom stereocenters. The quantitative estimate of drug-likeness (QED) is 0.779. The molecule has 1 nitrogen and oxygen atoms in total. The zero-order chi connectivity index (χ0) is 15.8. The zero-order valence-electron chi connectivity index (χ0n) is 10.9. The van der Waals surface area contributed by atoms with E-state index in [1.54, 1.807) is 18.2 Å². The SMILES string of the molecule is Cc1cc(C(F)(F)F)ccc1C(O)c1c(Cl)cccc1Cl. The fourth-order valence-corrected chi connectivity index (χ4v) is 2.69. The van der Waals surface area contributed by atoms with E-state index in [9.17, 15) is 18.3 Å². The minimum absolute atomic E-state index is 0.259. The molecule has 0 fully saturated rings. The fraction of sp³-hybridized carbons (Fsp3) is 0.200. The molecule has 0 saturated carbocycles. The summed E-state index contributed by atoms with van der Waals surface area (Å²) in [6.07, 6.45) is -5.61. The van der Waals surface area contributed by atoms with Crippen LogP contribution >= 0.6 is 23.2 Å². The largest absolute Gasteiger partial charge is 0.416 e. The van der Waals surface area contributed by atoms with Crippen molar-refractivity contribution >= 4 is 23.2 Å². The monoisotopic (exact) mass is 334 g/mol. The van der Waals surface area contributed by atoms with Crippen LogP contribution in [0.5, 0.6) is 0 Å². The van der Waals surface area contributed by atoms with Crippen molar-refractivity contribution in [3.05, 3.63) is 68.7 Å². The van der Waals surface area contributed by atoms with Crippen molar-refractivity contribution in [2.75, 3.05) is 0 Å². The first-order chi connectivity index (χ1) is 9.71. The van der Waals surface area contributed by atoms with Crippen molar-refractivity contribution in [2.45, 2.75) is 19.2 Å². The molecule has 1 unspecified atom stereocenters. The lowest BCUT2D eigenvalue weighted by molar-refractivity contribution is -0.137. The van der Waals surface area contributed by atoms with Crippen molar-refractivity contribution in [3.8, 4) is 0 Å². The fourth-order valence-electron chi connectivity index (χ4n) is 2.09. The predicted molar refractivity (Wildman–Crippen MR) is 76.7 cm³/mol. The van der Waals surface area contributed by atoms with Gasteiger partial charge in [0.05, 0.1) is 5.56 Å². The third-order valence-corrected chi connectivity index (χ3v) is 3.82. The van der Waals surface area contributed by atoms with Crippen LogP contribution in [-0.2, 0) is 6.18 Å². The van der Waals surface area contributed by atoms with Crippen molar-refractivity contribution in [1.29, 1.82) is 0 Å². The second-order valence-corrected chi connectivity index (χ2v) is 5.42. The van der Waals surface area contributed by atoms with Crippen molar-refractivity contribution < 1.29 is 18.3 Å². The highest BCUT2D eigenvalue weighted by atomic mass is 35.5. The number of hydrogen-bond acceptors (Lipinski definition) is 1. The van der Waals surface area contributed by atoms with Gasteiger partial charge >= 0.3 is 6.18 Å². The van der Waals surface area contributed by atoms with Crippen LogP contribution in [0.15, 0.2) is 36.4 Å². The van der Waals surface area contributed by atoms with Gasteiger partial charge in [0.25, 0.3) is 0 Å². The maximum absolute atomic E-state index is 12.6. The minimum atomic E-state index is -4.42. The topological polar surface area (TPSA) is 20.2 Å². The highest BCUT2D eigenvalue weighted by Crippen LogP contribution is 2.37. The first kappa shape index (κ1) is 16.1. The van der Waals surface area contributed by atoms with Gasteiger partial charge in [-0.05, 0) is 42.3 Å². The number of hydrogen-bond donors (Lipinski definition) is 1. The second-order valence-electron chi connectivity index (χ2n) is 4.61. The number of rotatable bonds is 2. The summed E-state index contributed by atoms with van der Waals surface area (Å²) < 4.78 is 37.9. The van der Waals surface area contributed by atoms with Crippen LogP contribution in [0, 0.1) is 6.92 Å². The van der Waals surface area contributed by atoms with E-state index in [-0.39, 0.29) is 15.6 Å². The van der Waals surface area contributed by atoms with Crippen molar-refractivity contribution in [1.82, 2.24) is 0 Å². The highest BCUT2D eigenvalue weighted by Gasteiger charge is 2.31. The molecule has 6 heteroatoms. The Morgan fingerprint density at radius 1 is 1.05 bits per heavy atom. The van der Waals surface area contributed by atoms with E-state index in [2.05, 4.69) is 0 Å². The number of aliphatic hydroxyl groups excluding tert-OH is 1. The van der Waals surface area contributed by atoms with Crippen molar-refractivity contribution in [3.63, 3.8) is 0 Å². The van der Waals surface area contributed by atoms with E-state index in [0.717, 1.165) is 12.1 Å². The maximum Gasteiger partial charge on any atom is 0.416 e. The van der Waals surface area contributed by atoms with Gasteiger partial charge < -0.3 is 5.11 Å². The van der Waals surface area contributed by atoms with Crippen LogP contribution < -0.4 is 0 Å². The number of alkyl halides is 3. The number of benzene rings is 2. The van der Waals surface area contributed by atoms with Gasteiger partial charge in [-0.1, -0.05) is 35.3 Å². The predicted octanol–water partition coefficient (Wildman–Crippen LogP) is 5.40. The number of halogens is 5. The van der Waals surface area contributed by atoms with E-state index in [4.69, 9.17) is 23.2 Å². The first-order valence-electron chi connectivity index (χ1n) is 6.01. The van der Waals surface area contributed by atoms with Gasteiger partial charge in [0.2, 0.25) is 0 Å². The molecule has 2 aromatic carbocycles. The van der Waals surface area contributed by atoms with Gasteiger partial charge in [-0.2, -0.15) is 13.2 Å². The molecule has 2 rings (SSSR count). The van der Waals surface area contributed by atoms with Crippen LogP contribution in [-0.4, -0.2) is 5.11 Å². The maximum atomic E-state index is 12.6. The van der Waals surface area contributed by atoms with Crippen molar-refractivity contribution in [2.24, 2.45) is 0 Å². The molecular weight excluding hydrogens is 324 g/mol. The summed E-state index contributed by atoms with van der Waals surface area (Å²) in [6.45, 7) is 1.50. The van der Waals surface area contributed by atoms with Crippen LogP contribution in [0.4, 0.5) is 13.2 Å². The summed E-state index contributed by atoms with van der Waals surface area (Å²) in [5.41, 5.74) is 0.163. The molecule has 0 aliphatic carbocycles. The standard InChI is InChI=1S/C15H11Cl2F3O/c1-8-7-9(15(18,19)20)5-6-10(8)14(21)13-11(16)3-2-4-12(13)17/h2-7,14,21H,1H3. The Morgan fingerprint density at radius 3 is 2.10 bits per heavy atom. The molecule has 2 aromatic rings. The van der Waals surface area contributed by atoms with Crippen LogP contribution in [0.3, 0.4) is 0 Å². The number of aliphatic hydroxyl groups is 1. The number of aryl methyl sites for hydroxylation is 1. The summed E-state index contributed by atoms with van der Waals surface area (Å²) in [5.74, 6) is 0. The van der Waals surface area contributed by atoms with E-state index in [1.165, 1.54) is 13.0 Å². The molecule has 112 valence electrons. The Hall–Kier alpha value is -1.23. The summed E-state index contributed by atoms with van der Waals surface area (Å²) in [4.78, 5) is 0. The summed E-state index contributed by atoms with van der Waals surface area (Å²) in [6, 6.07) is 7.90. The lowest BCUT2D eigenvalue weighted by Gasteiger charge is -2.18.